The second-order valence-electron chi connectivity index (χ2n) is 16.5. The van der Waals surface area contributed by atoms with E-state index >= 15 is 0 Å². The number of halogens is 10. The molecule has 5 nitrogen and oxygen atoms in total. The lowest BCUT2D eigenvalue weighted by atomic mass is 10.00. The van der Waals surface area contributed by atoms with Gasteiger partial charge in [-0.1, -0.05) is 146 Å². The number of hydrogen-bond acceptors (Lipinski definition) is 1. The van der Waals surface area contributed by atoms with Crippen LogP contribution in [0.25, 0.3) is 50.0 Å². The predicted molar refractivity (Wildman–Crippen MR) is 295 cm³/mol. The Morgan fingerprint density at radius 1 is 0.343 bits per heavy atom. The highest BCUT2D eigenvalue weighted by Crippen LogP contribution is 2.47. The minimum atomic E-state index is 0.413. The lowest BCUT2D eigenvalue weighted by molar-refractivity contribution is 1.22. The first-order valence-electron chi connectivity index (χ1n) is 21.4. The molecule has 0 spiro atoms. The molecule has 0 radical (unpaired) electrons. The van der Waals surface area contributed by atoms with E-state index in [1.807, 2.05) is 91.0 Å². The van der Waals surface area contributed by atoms with Gasteiger partial charge in [0, 0.05) is 77.8 Å². The van der Waals surface area contributed by atoms with Crippen molar-refractivity contribution in [3.8, 4) is 11.1 Å². The fraction of sp³-hybridized carbons (Fsp3) is 0. The molecule has 0 saturated heterocycles. The Balaban J connectivity index is 1.33. The first-order chi connectivity index (χ1) is 33.9. The third-order valence-electron chi connectivity index (χ3n) is 12.6. The van der Waals surface area contributed by atoms with Crippen molar-refractivity contribution in [1.82, 2.24) is 19.4 Å². The number of H-pyrrole nitrogens is 3. The molecule has 5 aromatic carbocycles. The maximum absolute atomic E-state index is 7.22. The second kappa shape index (κ2) is 17.8. The fourth-order valence-electron chi connectivity index (χ4n) is 9.73. The van der Waals surface area contributed by atoms with E-state index < -0.39 is 0 Å². The average molecular weight is 1110 g/mol. The zero-order chi connectivity index (χ0) is 48.3. The molecule has 7 heterocycles. The van der Waals surface area contributed by atoms with Gasteiger partial charge in [-0.2, -0.15) is 0 Å². The van der Waals surface area contributed by atoms with E-state index in [4.69, 9.17) is 121 Å². The third-order valence-corrected chi connectivity index (χ3v) is 15.8. The summed E-state index contributed by atoms with van der Waals surface area (Å²) in [4.78, 5) is 16.7. The van der Waals surface area contributed by atoms with Crippen molar-refractivity contribution < 1.29 is 0 Å². The molecule has 3 N–H and O–H groups in total. The van der Waals surface area contributed by atoms with Crippen molar-refractivity contribution in [2.45, 2.75) is 0 Å². The Hall–Kier alpha value is -5.25. The van der Waals surface area contributed by atoms with Crippen LogP contribution in [0.2, 0.25) is 50.2 Å². The number of benzene rings is 5. The van der Waals surface area contributed by atoms with Crippen molar-refractivity contribution in [3.63, 3.8) is 0 Å². The van der Waals surface area contributed by atoms with Crippen molar-refractivity contribution in [2.75, 3.05) is 0 Å². The number of allylic oxidation sites excluding steroid dienone is 2. The summed E-state index contributed by atoms with van der Waals surface area (Å²) in [6.45, 7) is 0. The summed E-state index contributed by atoms with van der Waals surface area (Å²) in [5, 5.41) is 6.26. The van der Waals surface area contributed by atoms with E-state index in [1.165, 1.54) is 0 Å². The Kier molecular flexibility index (Phi) is 11.7. The number of aromatic amines is 3. The maximum Gasteiger partial charge on any atom is 0.0738 e. The second-order valence-corrected chi connectivity index (χ2v) is 20.6. The fourth-order valence-corrected chi connectivity index (χ4v) is 12.7. The molecule has 0 aliphatic carbocycles. The number of aromatic nitrogens is 4. The number of hydrogen-bond donors (Lipinski definition) is 3. The Morgan fingerprint density at radius 3 is 1.27 bits per heavy atom. The smallest absolute Gasteiger partial charge is 0.0738 e. The largest absolute Gasteiger partial charge is 0.354 e. The molecule has 8 bridgehead atoms. The number of aliphatic imine (C=N–C) groups is 1. The van der Waals surface area contributed by atoms with Gasteiger partial charge in [0.05, 0.1) is 89.2 Å². The first kappa shape index (κ1) is 45.9. The lowest BCUT2D eigenvalue weighted by Crippen LogP contribution is -2.20. The Labute approximate surface area is 449 Å². The van der Waals surface area contributed by atoms with E-state index in [0.717, 1.165) is 27.8 Å². The summed E-state index contributed by atoms with van der Waals surface area (Å²) in [6.07, 6.45) is 3.87. The van der Waals surface area contributed by atoms with Crippen LogP contribution in [0.15, 0.2) is 156 Å². The van der Waals surface area contributed by atoms with Crippen LogP contribution in [0.4, 0.5) is 0 Å². The van der Waals surface area contributed by atoms with Crippen LogP contribution in [0.1, 0.15) is 39.3 Å². The molecule has 12 rings (SSSR count). The van der Waals surface area contributed by atoms with Gasteiger partial charge in [0.25, 0.3) is 0 Å². The van der Waals surface area contributed by atoms with E-state index in [-0.39, 0.29) is 0 Å². The average Bonchev–Trinajstić information content (AvgIpc) is 4.19. The van der Waals surface area contributed by atoms with E-state index in [9.17, 15) is 0 Å². The molecule has 5 aromatic heterocycles. The van der Waals surface area contributed by atoms with Gasteiger partial charge in [-0.15, -0.1) is 0 Å². The molecule has 0 unspecified atom stereocenters. The van der Waals surface area contributed by atoms with Crippen LogP contribution < -0.4 is 16.0 Å². The normalized spacial score (nSPS) is 13.7. The van der Waals surface area contributed by atoms with Gasteiger partial charge in [0.1, 0.15) is 0 Å². The van der Waals surface area contributed by atoms with Crippen LogP contribution >= 0.6 is 116 Å². The molecular weight excluding hydrogens is 1090 g/mol. The van der Waals surface area contributed by atoms with Gasteiger partial charge in [-0.3, -0.25) is 0 Å². The highest BCUT2D eigenvalue weighted by Gasteiger charge is 2.30. The molecule has 2 aliphatic heterocycles. The molecule has 10 aromatic rings. The van der Waals surface area contributed by atoms with Crippen LogP contribution in [0.3, 0.4) is 0 Å². The molecule has 0 atom stereocenters. The van der Waals surface area contributed by atoms with Gasteiger partial charge in [0.2, 0.25) is 0 Å². The number of nitrogens with zero attached hydrogens (tertiary/aromatic N) is 2. The number of nitrogens with one attached hydrogen (secondary N) is 3. The van der Waals surface area contributed by atoms with E-state index in [1.54, 1.807) is 48.5 Å². The molecule has 70 heavy (non-hydrogen) atoms. The standard InChI is InChI=1S/C55H27Cl10N5/c56-25-6-1-7-26(57)45(25)50-35-16-17-36(66-35)51(46-27(58)8-2-9-28(46)59)38-20-21-40(68-38)53(48-31(62)12-4-13-32(48)63)42-22-23-43-54(49-33(64)14-5-15-34(49)65)55-44(70(42)43)24-41(69-55)52(39-19-18-37(50)67-39)47-29(60)10-3-11-30(47)61/h1-24,66-67,69H. The predicted octanol–water partition coefficient (Wildman–Crippen LogP) is 16.5. The molecule has 0 amide bonds. The number of rotatable bonds is 5. The van der Waals surface area contributed by atoms with Crippen LogP contribution in [0.5, 0.6) is 0 Å². The summed E-state index contributed by atoms with van der Waals surface area (Å²) in [5.41, 5.74) is 11.8. The van der Waals surface area contributed by atoms with Crippen molar-refractivity contribution in [2.24, 2.45) is 4.99 Å². The molecule has 2 aliphatic rings. The first-order valence-corrected chi connectivity index (χ1v) is 25.2. The zero-order valence-corrected chi connectivity index (χ0v) is 43.1. The molecule has 15 heteroatoms. The van der Waals surface area contributed by atoms with Gasteiger partial charge < -0.3 is 19.4 Å². The quantitative estimate of drug-likeness (QED) is 0.154. The Morgan fingerprint density at radius 2 is 0.771 bits per heavy atom. The van der Waals surface area contributed by atoms with Gasteiger partial charge in [-0.05, 0) is 115 Å². The van der Waals surface area contributed by atoms with Gasteiger partial charge in [-0.25, -0.2) is 4.99 Å². The van der Waals surface area contributed by atoms with Crippen LogP contribution in [-0.2, 0) is 0 Å². The zero-order valence-electron chi connectivity index (χ0n) is 35.5. The lowest BCUT2D eigenvalue weighted by Gasteiger charge is -2.15. The molecule has 0 saturated carbocycles. The van der Waals surface area contributed by atoms with E-state index in [2.05, 4.69) is 25.4 Å². The van der Waals surface area contributed by atoms with Crippen LogP contribution in [-0.4, -0.2) is 25.1 Å². The Bertz CT molecular complexity index is 4100. The van der Waals surface area contributed by atoms with Crippen molar-refractivity contribution >= 4 is 161 Å². The summed E-state index contributed by atoms with van der Waals surface area (Å²) in [6, 6.07) is 41.1. The third kappa shape index (κ3) is 7.32. The minimum Gasteiger partial charge on any atom is -0.354 e. The van der Waals surface area contributed by atoms with Crippen molar-refractivity contribution in [1.29, 1.82) is 0 Å². The maximum atomic E-state index is 7.22. The summed E-state index contributed by atoms with van der Waals surface area (Å²) >= 11 is 71.5. The molecule has 0 fully saturated rings. The molecular formula is C55H27Cl10N5. The minimum absolute atomic E-state index is 0.413. The van der Waals surface area contributed by atoms with Gasteiger partial charge >= 0.3 is 0 Å². The SMILES string of the molecule is Clc1cccc(Cl)c1C1=C2C=CC(=N2)C(c2c(Cl)cccc2Cl)=c2ccc([nH]2)=C(c2c(Cl)cccc2Cl)c2ccc([nH]2)C(c2c(Cl)cccc2Cl)=c2cc3c([nH]2)c(-c2c(Cl)cccc2Cl)c2ccc1n23. The van der Waals surface area contributed by atoms with Gasteiger partial charge in [0.15, 0.2) is 0 Å². The summed E-state index contributed by atoms with van der Waals surface area (Å²) in [5.74, 6) is 0. The summed E-state index contributed by atoms with van der Waals surface area (Å²) in [7, 11) is 0. The number of fused-ring (bicyclic) bond motifs is 6. The molecule has 342 valence electrons. The highest BCUT2D eigenvalue weighted by molar-refractivity contribution is 6.44. The van der Waals surface area contributed by atoms with Crippen LogP contribution in [0, 0.1) is 0 Å². The highest BCUT2D eigenvalue weighted by atomic mass is 35.5. The monoisotopic (exact) mass is 1110 g/mol. The van der Waals surface area contributed by atoms with E-state index in [0.29, 0.717) is 139 Å². The summed E-state index contributed by atoms with van der Waals surface area (Å²) < 4.78 is 2.14. The topological polar surface area (TPSA) is 64.1 Å². The van der Waals surface area contributed by atoms with Crippen molar-refractivity contribution in [3.05, 3.63) is 257 Å².